The number of nitrogens with one attached hydrogen (secondary N) is 3. The highest BCUT2D eigenvalue weighted by Crippen LogP contribution is 2.50. The third-order valence-corrected chi connectivity index (χ3v) is 14.7. The number of aliphatic hydroxyl groups is 1. The van der Waals surface area contributed by atoms with Crippen LogP contribution in [-0.4, -0.2) is 95.7 Å². The lowest BCUT2D eigenvalue weighted by molar-refractivity contribution is -0.127. The molecule has 2 aliphatic carbocycles. The number of phosphoric ester groups is 1. The van der Waals surface area contributed by atoms with E-state index in [-0.39, 0.29) is 87.8 Å². The molecule has 0 radical (unpaired) electrons. The molecule has 2 fully saturated rings. The molecule has 0 bridgehead atoms. The van der Waals surface area contributed by atoms with Gasteiger partial charge in [0.1, 0.15) is 29.4 Å². The van der Waals surface area contributed by atoms with Crippen LogP contribution in [0.4, 0.5) is 0 Å². The van der Waals surface area contributed by atoms with E-state index < -0.39 is 67.8 Å². The van der Waals surface area contributed by atoms with Crippen LogP contribution < -0.4 is 27.5 Å². The maximum Gasteiger partial charge on any atom is 0.474 e. The van der Waals surface area contributed by atoms with Crippen LogP contribution in [0.5, 0.6) is 17.5 Å². The first kappa shape index (κ1) is 49.7. The quantitative estimate of drug-likeness (QED) is 0.0211. The van der Waals surface area contributed by atoms with Crippen molar-refractivity contribution in [2.24, 2.45) is 11.8 Å². The van der Waals surface area contributed by atoms with E-state index in [4.69, 9.17) is 22.7 Å². The number of aliphatic hydroxyl groups excluding tert-OH is 1. The number of hydrogen-bond donors (Lipinski definition) is 8. The molecule has 4 heterocycles. The van der Waals surface area contributed by atoms with Crippen LogP contribution in [0.25, 0.3) is 33.4 Å². The number of aromatic hydroxyl groups is 3. The van der Waals surface area contributed by atoms with Gasteiger partial charge < -0.3 is 34.7 Å². The van der Waals surface area contributed by atoms with E-state index in [1.165, 1.54) is 78.4 Å². The number of carboxylic acids is 1. The Morgan fingerprint density at radius 3 is 2.46 bits per heavy atom. The summed E-state index contributed by atoms with van der Waals surface area (Å²) in [7, 11) is -3.03. The van der Waals surface area contributed by atoms with Gasteiger partial charge in [0.05, 0.1) is 29.8 Å². The number of fused-ring (bicyclic) bond motifs is 2. The molecule has 2 aromatic carbocycles. The van der Waals surface area contributed by atoms with E-state index in [1.807, 2.05) is 0 Å². The van der Waals surface area contributed by atoms with Gasteiger partial charge in [-0.05, 0) is 86.6 Å². The second-order valence-corrected chi connectivity index (χ2v) is 19.8. The summed E-state index contributed by atoms with van der Waals surface area (Å²) in [5.74, 6) is -3.17. The average molecular weight is 1010 g/mol. The van der Waals surface area contributed by atoms with E-state index in [9.17, 15) is 58.9 Å². The Balaban J connectivity index is 0.812. The van der Waals surface area contributed by atoms with E-state index in [0.29, 0.717) is 47.1 Å². The Kier molecular flexibility index (Phi) is 14.7. The van der Waals surface area contributed by atoms with Crippen molar-refractivity contribution in [3.05, 3.63) is 115 Å². The Labute approximate surface area is 400 Å². The molecule has 22 nitrogen and oxygen atoms in total. The van der Waals surface area contributed by atoms with Crippen LogP contribution in [-0.2, 0) is 34.2 Å². The van der Waals surface area contributed by atoms with E-state index in [2.05, 4.69) is 15.8 Å². The largest absolute Gasteiger partial charge is 0.508 e. The zero-order chi connectivity index (χ0) is 50.0. The molecule has 0 spiro atoms. The van der Waals surface area contributed by atoms with Gasteiger partial charge in [0.2, 0.25) is 11.8 Å². The monoisotopic (exact) mass is 1010 g/mol. The third-order valence-electron chi connectivity index (χ3n) is 12.3. The second kappa shape index (κ2) is 20.7. The van der Waals surface area contributed by atoms with Gasteiger partial charge in [0.15, 0.2) is 11.3 Å². The number of phenols is 1. The molecule has 4 atom stereocenters. The molecule has 1 saturated heterocycles. The van der Waals surface area contributed by atoms with E-state index in [1.54, 1.807) is 0 Å². The molecule has 4 aliphatic rings. The van der Waals surface area contributed by atoms with Crippen LogP contribution in [0, 0.1) is 18.8 Å². The molecule has 4 aromatic rings. The molecule has 2 amide bonds. The molecule has 70 heavy (non-hydrogen) atoms. The van der Waals surface area contributed by atoms with Crippen LogP contribution in [0.3, 0.4) is 0 Å². The van der Waals surface area contributed by atoms with Crippen molar-refractivity contribution in [1.29, 1.82) is 0 Å². The van der Waals surface area contributed by atoms with Crippen molar-refractivity contribution in [2.75, 3.05) is 26.1 Å². The number of nitrogens with zero attached hydrogens (tertiary/aromatic N) is 2. The number of carbonyl (C=O) groups excluding carboxylic acids is 2. The number of aromatic nitrogens is 3. The summed E-state index contributed by atoms with van der Waals surface area (Å²) in [5.41, 5.74) is 4.46. The molecular formula is C46H48N5O17PS. The van der Waals surface area contributed by atoms with Crippen LogP contribution in [0.15, 0.2) is 90.6 Å². The van der Waals surface area contributed by atoms with E-state index >= 15 is 0 Å². The molecule has 2 aliphatic heterocycles. The highest BCUT2D eigenvalue weighted by molar-refractivity contribution is 7.99. The van der Waals surface area contributed by atoms with Gasteiger partial charge in [-0.25, -0.2) is 14.2 Å². The molecule has 8 rings (SSSR count). The SMILES string of the molecule is COP(=O)(OCCSc1cc(O)n(CC2CCC(C(=O)NNC(=O)c3ccc(C(=O)O)c(-c4c5ccc(=O)cc-5oc5cc(O)ccc45)c3)CC2)c1O)OC[C@H]1O[C@@H](n2cc(C)c(=O)[nH]c2=O)C[C@H]1O. The maximum atomic E-state index is 13.5. The smallest absolute Gasteiger partial charge is 0.474 e. The summed E-state index contributed by atoms with van der Waals surface area (Å²) in [6.07, 6.45) is 0.280. The van der Waals surface area contributed by atoms with Crippen molar-refractivity contribution in [1.82, 2.24) is 25.0 Å². The number of amides is 2. The lowest BCUT2D eigenvalue weighted by Gasteiger charge is -2.28. The predicted octanol–water partition coefficient (Wildman–Crippen LogP) is 4.84. The zero-order valence-electron chi connectivity index (χ0n) is 37.5. The first-order valence-corrected chi connectivity index (χ1v) is 24.4. The van der Waals surface area contributed by atoms with Gasteiger partial charge >= 0.3 is 19.5 Å². The summed E-state index contributed by atoms with van der Waals surface area (Å²) in [4.78, 5) is 77.9. The average Bonchev–Trinajstić information content (AvgIpc) is 3.84. The third kappa shape index (κ3) is 10.7. The summed E-state index contributed by atoms with van der Waals surface area (Å²) in [6.45, 7) is 1.17. The molecule has 8 N–H and O–H groups in total. The number of H-pyrrole nitrogens is 1. The van der Waals surface area contributed by atoms with Gasteiger partial charge in [0.25, 0.3) is 11.5 Å². The summed E-state index contributed by atoms with van der Waals surface area (Å²) in [6, 6.07) is 13.6. The first-order valence-electron chi connectivity index (χ1n) is 21.9. The number of aryl methyl sites for hydroxylation is 1. The first-order chi connectivity index (χ1) is 33.4. The molecule has 24 heteroatoms. The minimum absolute atomic E-state index is 0.00304. The number of rotatable bonds is 16. The summed E-state index contributed by atoms with van der Waals surface area (Å²) in [5, 5.41) is 53.0. The fourth-order valence-electron chi connectivity index (χ4n) is 8.62. The lowest BCUT2D eigenvalue weighted by atomic mass is 9.81. The fourth-order valence-corrected chi connectivity index (χ4v) is 10.5. The predicted molar refractivity (Wildman–Crippen MR) is 250 cm³/mol. The normalized spacial score (nSPS) is 20.1. The standard InChI is InChI=1S/C46H48N5O17PS/c1-23-20-51(46(62)47-41(23)56)39-18-33(54)36(68-39)22-66-69(63,64-2)65-13-14-70-37-19-38(55)50(44(37)59)21-24-3-5-25(6-4-24)42(57)48-49-43(58)26-7-10-29(45(60)61)32(15-26)40-30-11-8-27(52)16-34(30)67-35-17-28(53)9-12-31(35)40/h7-12,15-17,19-20,24-25,33,36,39,52,54-55,59H,3-6,13-14,18,21-22H2,1-2H3,(H,48,57)(H,49,58)(H,60,61)(H,47,56,62)/t24?,25?,33-,36-,39-,69?/m1/s1. The highest BCUT2D eigenvalue weighted by Gasteiger charge is 2.38. The Morgan fingerprint density at radius 1 is 0.943 bits per heavy atom. The highest BCUT2D eigenvalue weighted by atomic mass is 32.2. The number of ether oxygens (including phenoxy) is 1. The maximum absolute atomic E-state index is 13.5. The second-order valence-electron chi connectivity index (χ2n) is 16.9. The number of aromatic carboxylic acids is 1. The molecular weight excluding hydrogens is 958 g/mol. The minimum Gasteiger partial charge on any atom is -0.508 e. The number of aromatic amines is 1. The number of phenolic OH excluding ortho intramolecular Hbond substituents is 1. The molecule has 2 aromatic heterocycles. The van der Waals surface area contributed by atoms with Gasteiger partial charge in [-0.1, -0.05) is 0 Å². The molecule has 1 saturated carbocycles. The number of hydrogen-bond acceptors (Lipinski definition) is 17. The van der Waals surface area contributed by atoms with Crippen molar-refractivity contribution >= 4 is 48.3 Å². The number of benzene rings is 3. The van der Waals surface area contributed by atoms with Crippen molar-refractivity contribution in [3.8, 4) is 40.0 Å². The van der Waals surface area contributed by atoms with Gasteiger partial charge in [-0.3, -0.25) is 57.7 Å². The number of phosphoric acid groups is 1. The molecule has 370 valence electrons. The van der Waals surface area contributed by atoms with Crippen molar-refractivity contribution in [3.63, 3.8) is 0 Å². The molecule has 1 unspecified atom stereocenters. The summed E-state index contributed by atoms with van der Waals surface area (Å²) >= 11 is 1.11. The Bertz CT molecular complexity index is 3180. The fraction of sp³-hybridized carbons (Fsp3) is 0.348. The Hall–Kier alpha value is -6.72. The zero-order valence-corrected chi connectivity index (χ0v) is 39.2. The van der Waals surface area contributed by atoms with Gasteiger partial charge in [-0.2, -0.15) is 0 Å². The van der Waals surface area contributed by atoms with Gasteiger partial charge in [-0.15, -0.1) is 11.8 Å². The number of carbonyl (C=O) groups is 3. The van der Waals surface area contributed by atoms with Crippen molar-refractivity contribution in [2.45, 2.75) is 68.9 Å². The number of carboxylic acid groups (broad SMARTS) is 1. The van der Waals surface area contributed by atoms with E-state index in [0.717, 1.165) is 23.4 Å². The summed E-state index contributed by atoms with van der Waals surface area (Å²) < 4.78 is 43.1. The minimum atomic E-state index is -4.15. The number of thioether (sulfide) groups is 1. The Morgan fingerprint density at radius 2 is 1.71 bits per heavy atom. The van der Waals surface area contributed by atoms with Crippen molar-refractivity contribution < 1.29 is 67.2 Å². The topological polar surface area (TPSA) is 320 Å². The van der Waals surface area contributed by atoms with Crippen LogP contribution in [0.1, 0.15) is 64.6 Å². The van der Waals surface area contributed by atoms with Gasteiger partial charge in [0, 0.05) is 83.8 Å². The van der Waals surface area contributed by atoms with Crippen LogP contribution >= 0.6 is 19.6 Å². The van der Waals surface area contributed by atoms with Crippen LogP contribution in [0.2, 0.25) is 0 Å². The lowest BCUT2D eigenvalue weighted by Crippen LogP contribution is -2.45. The number of hydrazine groups is 1.